The summed E-state index contributed by atoms with van der Waals surface area (Å²) in [6.07, 6.45) is 0.891. The van der Waals surface area contributed by atoms with Gasteiger partial charge in [-0.3, -0.25) is 15.1 Å². The number of amidine groups is 1. The highest BCUT2D eigenvalue weighted by Crippen LogP contribution is 2.11. The molecule has 18 heavy (non-hydrogen) atoms. The Morgan fingerprint density at radius 1 is 1.39 bits per heavy atom. The van der Waals surface area contributed by atoms with Crippen molar-refractivity contribution in [2.45, 2.75) is 13.0 Å². The van der Waals surface area contributed by atoms with Crippen molar-refractivity contribution in [3.8, 4) is 0 Å². The second-order valence-electron chi connectivity index (χ2n) is 4.19. The zero-order valence-corrected chi connectivity index (χ0v) is 9.88. The second kappa shape index (κ2) is 5.57. The van der Waals surface area contributed by atoms with Gasteiger partial charge in [-0.15, -0.1) is 0 Å². The van der Waals surface area contributed by atoms with Crippen LogP contribution in [-0.2, 0) is 6.54 Å². The van der Waals surface area contributed by atoms with Crippen molar-refractivity contribution >= 4 is 5.84 Å². The highest BCUT2D eigenvalue weighted by Gasteiger charge is 2.19. The van der Waals surface area contributed by atoms with Crippen molar-refractivity contribution in [3.05, 3.63) is 45.8 Å². The van der Waals surface area contributed by atoms with Gasteiger partial charge >= 0.3 is 0 Å². The fourth-order valence-corrected chi connectivity index (χ4v) is 1.94. The van der Waals surface area contributed by atoms with E-state index in [0.717, 1.165) is 18.5 Å². The molecule has 0 bridgehead atoms. The van der Waals surface area contributed by atoms with Crippen LogP contribution in [0.3, 0.4) is 0 Å². The first-order chi connectivity index (χ1) is 8.65. The molecule has 0 atom stereocenters. The normalized spacial score (nSPS) is 15.4. The topological polar surface area (TPSA) is 58.7 Å². The summed E-state index contributed by atoms with van der Waals surface area (Å²) in [4.78, 5) is 16.3. The van der Waals surface area contributed by atoms with Crippen LogP contribution in [0, 0.1) is 15.9 Å². The number of aliphatic imine (C=N–C) groups is 1. The van der Waals surface area contributed by atoms with Crippen LogP contribution in [0.1, 0.15) is 12.0 Å². The van der Waals surface area contributed by atoms with E-state index in [9.17, 15) is 14.5 Å². The van der Waals surface area contributed by atoms with E-state index in [2.05, 4.69) is 4.99 Å². The van der Waals surface area contributed by atoms with Gasteiger partial charge in [-0.1, -0.05) is 12.1 Å². The minimum atomic E-state index is -0.373. The molecule has 1 aliphatic rings. The molecule has 1 aliphatic heterocycles. The first-order valence-electron chi connectivity index (χ1n) is 5.79. The minimum Gasteiger partial charge on any atom is -0.350 e. The molecule has 0 unspecified atom stereocenters. The largest absolute Gasteiger partial charge is 0.350 e. The van der Waals surface area contributed by atoms with Gasteiger partial charge < -0.3 is 4.90 Å². The lowest BCUT2D eigenvalue weighted by Gasteiger charge is -2.27. The quantitative estimate of drug-likeness (QED) is 0.604. The van der Waals surface area contributed by atoms with Crippen molar-refractivity contribution < 1.29 is 9.31 Å². The predicted octanol–water partition coefficient (Wildman–Crippen LogP) is 1.71. The van der Waals surface area contributed by atoms with E-state index >= 15 is 0 Å². The molecule has 0 saturated carbocycles. The molecular formula is C12H14FN3O2. The zero-order chi connectivity index (χ0) is 13.0. The molecule has 2 rings (SSSR count). The lowest BCUT2D eigenvalue weighted by Crippen LogP contribution is -2.39. The molecule has 5 nitrogen and oxygen atoms in total. The van der Waals surface area contributed by atoms with Crippen LogP contribution in [-0.4, -0.2) is 35.3 Å². The van der Waals surface area contributed by atoms with E-state index < -0.39 is 0 Å². The van der Waals surface area contributed by atoms with Gasteiger partial charge in [0.2, 0.25) is 0 Å². The third kappa shape index (κ3) is 3.26. The maximum atomic E-state index is 12.8. The van der Waals surface area contributed by atoms with E-state index in [0.29, 0.717) is 18.9 Å². The summed E-state index contributed by atoms with van der Waals surface area (Å²) >= 11 is 0. The molecule has 0 aromatic heterocycles. The number of rotatable bonds is 4. The Morgan fingerprint density at radius 2 is 2.11 bits per heavy atom. The van der Waals surface area contributed by atoms with E-state index in [-0.39, 0.29) is 17.3 Å². The first kappa shape index (κ1) is 12.5. The van der Waals surface area contributed by atoms with E-state index in [4.69, 9.17) is 0 Å². The molecular weight excluding hydrogens is 237 g/mol. The SMILES string of the molecule is O=[N+]([O-])CC1=NCCCN1Cc1ccc(F)cc1. The highest BCUT2D eigenvalue weighted by molar-refractivity contribution is 5.83. The summed E-state index contributed by atoms with van der Waals surface area (Å²) in [6, 6.07) is 6.16. The molecule has 96 valence electrons. The highest BCUT2D eigenvalue weighted by atomic mass is 19.1. The fourth-order valence-electron chi connectivity index (χ4n) is 1.94. The Morgan fingerprint density at radius 3 is 2.78 bits per heavy atom. The number of nitrogens with zero attached hydrogens (tertiary/aromatic N) is 3. The van der Waals surface area contributed by atoms with E-state index in [1.54, 1.807) is 12.1 Å². The molecule has 1 aromatic rings. The molecule has 0 spiro atoms. The van der Waals surface area contributed by atoms with Crippen LogP contribution in [0.15, 0.2) is 29.3 Å². The summed E-state index contributed by atoms with van der Waals surface area (Å²) in [6.45, 7) is 1.68. The predicted molar refractivity (Wildman–Crippen MR) is 65.6 cm³/mol. The summed E-state index contributed by atoms with van der Waals surface area (Å²) in [5.41, 5.74) is 0.925. The number of nitro groups is 1. The van der Waals surface area contributed by atoms with Crippen molar-refractivity contribution in [2.24, 2.45) is 4.99 Å². The standard InChI is InChI=1S/C12H14FN3O2/c13-11-4-2-10(3-5-11)8-15-7-1-6-14-12(15)9-16(17)18/h2-5H,1,6-9H2. The van der Waals surface area contributed by atoms with Gasteiger partial charge in [0.1, 0.15) is 5.82 Å². The van der Waals surface area contributed by atoms with Crippen LogP contribution in [0.2, 0.25) is 0 Å². The third-order valence-electron chi connectivity index (χ3n) is 2.80. The van der Waals surface area contributed by atoms with E-state index in [1.807, 2.05) is 4.90 Å². The van der Waals surface area contributed by atoms with Gasteiger partial charge in [-0.25, -0.2) is 4.39 Å². The summed E-state index contributed by atoms with van der Waals surface area (Å²) < 4.78 is 12.8. The molecule has 0 aliphatic carbocycles. The van der Waals surface area contributed by atoms with Crippen molar-refractivity contribution in [3.63, 3.8) is 0 Å². The van der Waals surface area contributed by atoms with Crippen molar-refractivity contribution in [1.82, 2.24) is 4.90 Å². The van der Waals surface area contributed by atoms with Crippen LogP contribution in [0.25, 0.3) is 0 Å². The van der Waals surface area contributed by atoms with Crippen molar-refractivity contribution in [2.75, 3.05) is 19.6 Å². The molecule has 6 heteroatoms. The van der Waals surface area contributed by atoms with E-state index in [1.165, 1.54) is 12.1 Å². The monoisotopic (exact) mass is 251 g/mol. The molecule has 0 N–H and O–H groups in total. The number of benzene rings is 1. The fraction of sp³-hybridized carbons (Fsp3) is 0.417. The molecule has 0 fully saturated rings. The van der Waals surface area contributed by atoms with Gasteiger partial charge in [0.05, 0.1) is 0 Å². The molecule has 0 radical (unpaired) electrons. The van der Waals surface area contributed by atoms with Crippen LogP contribution in [0.4, 0.5) is 4.39 Å². The van der Waals surface area contributed by atoms with Gasteiger partial charge in [0.15, 0.2) is 5.84 Å². The average molecular weight is 251 g/mol. The lowest BCUT2D eigenvalue weighted by atomic mass is 10.2. The summed E-state index contributed by atoms with van der Waals surface area (Å²) in [5.74, 6) is 0.229. The average Bonchev–Trinajstić information content (AvgIpc) is 2.34. The Kier molecular flexibility index (Phi) is 3.86. The second-order valence-corrected chi connectivity index (χ2v) is 4.19. The van der Waals surface area contributed by atoms with Crippen LogP contribution >= 0.6 is 0 Å². The third-order valence-corrected chi connectivity index (χ3v) is 2.80. The van der Waals surface area contributed by atoms with Crippen LogP contribution < -0.4 is 0 Å². The molecule has 1 aromatic carbocycles. The Balaban J connectivity index is 2.06. The van der Waals surface area contributed by atoms with Crippen LogP contribution in [0.5, 0.6) is 0 Å². The lowest BCUT2D eigenvalue weighted by molar-refractivity contribution is -0.464. The zero-order valence-electron chi connectivity index (χ0n) is 9.88. The van der Waals surface area contributed by atoms with Gasteiger partial charge in [0, 0.05) is 24.6 Å². The number of hydrogen-bond donors (Lipinski definition) is 0. The Bertz CT molecular complexity index is 459. The maximum absolute atomic E-state index is 12.8. The number of hydrogen-bond acceptors (Lipinski definition) is 4. The van der Waals surface area contributed by atoms with Crippen molar-refractivity contribution in [1.29, 1.82) is 0 Å². The number of halogens is 1. The Labute approximate surface area is 104 Å². The van der Waals surface area contributed by atoms with Gasteiger partial charge in [-0.2, -0.15) is 0 Å². The van der Waals surface area contributed by atoms with Gasteiger partial charge in [0.25, 0.3) is 6.54 Å². The molecule has 1 heterocycles. The molecule has 0 saturated heterocycles. The Hall–Kier alpha value is -1.98. The smallest absolute Gasteiger partial charge is 0.260 e. The minimum absolute atomic E-state index is 0.249. The molecule has 0 amide bonds. The summed E-state index contributed by atoms with van der Waals surface area (Å²) in [7, 11) is 0. The van der Waals surface area contributed by atoms with Gasteiger partial charge in [-0.05, 0) is 24.1 Å². The maximum Gasteiger partial charge on any atom is 0.260 e. The summed E-state index contributed by atoms with van der Waals surface area (Å²) in [5, 5.41) is 10.6. The first-order valence-corrected chi connectivity index (χ1v) is 5.79.